The second-order valence-corrected chi connectivity index (χ2v) is 13.3. The van der Waals surface area contributed by atoms with Crippen molar-refractivity contribution in [1.29, 1.82) is 0 Å². The summed E-state index contributed by atoms with van der Waals surface area (Å²) in [5, 5.41) is 2.52. The second-order valence-electron chi connectivity index (χ2n) is 13.3. The Kier molecular flexibility index (Phi) is 11.7. The zero-order chi connectivity index (χ0) is 35.6. The van der Waals surface area contributed by atoms with Crippen LogP contribution in [0, 0.1) is 11.8 Å². The first-order valence-corrected chi connectivity index (χ1v) is 18.2. The van der Waals surface area contributed by atoms with E-state index < -0.39 is 0 Å². The van der Waals surface area contributed by atoms with Crippen molar-refractivity contribution in [3.8, 4) is 0 Å². The Morgan fingerprint density at radius 2 is 1.24 bits per heavy atom. The highest BCUT2D eigenvalue weighted by Crippen LogP contribution is 2.56. The van der Waals surface area contributed by atoms with E-state index in [0.717, 1.165) is 6.42 Å². The van der Waals surface area contributed by atoms with E-state index in [4.69, 9.17) is 0 Å². The van der Waals surface area contributed by atoms with Crippen LogP contribution in [0.25, 0.3) is 16.3 Å². The van der Waals surface area contributed by atoms with Crippen LogP contribution in [0.5, 0.6) is 0 Å². The molecule has 1 fully saturated rings. The summed E-state index contributed by atoms with van der Waals surface area (Å²) in [6.45, 7) is 9.25. The van der Waals surface area contributed by atoms with Gasteiger partial charge in [0, 0.05) is 47.3 Å². The third kappa shape index (κ3) is 8.24. The van der Waals surface area contributed by atoms with Crippen LogP contribution < -0.4 is 9.80 Å². The molecule has 0 radical (unpaired) electrons. The smallest absolute Gasteiger partial charge is 0.0460 e. The quantitative estimate of drug-likeness (QED) is 0.160. The largest absolute Gasteiger partial charge is 0.345 e. The van der Waals surface area contributed by atoms with Gasteiger partial charge in [-0.15, -0.1) is 6.58 Å². The summed E-state index contributed by atoms with van der Waals surface area (Å²) < 4.78 is 0. The molecule has 0 saturated heterocycles. The van der Waals surface area contributed by atoms with E-state index in [9.17, 15) is 0 Å². The molecule has 0 N–H and O–H groups in total. The Morgan fingerprint density at radius 1 is 0.627 bits per heavy atom. The van der Waals surface area contributed by atoms with Gasteiger partial charge in [-0.2, -0.15) is 0 Å². The fraction of sp³-hybridized carbons (Fsp3) is 0.184. The highest BCUT2D eigenvalue weighted by atomic mass is 15.2. The van der Waals surface area contributed by atoms with Crippen molar-refractivity contribution in [1.82, 2.24) is 0 Å². The first-order chi connectivity index (χ1) is 25.1. The molecule has 1 saturated carbocycles. The summed E-state index contributed by atoms with van der Waals surface area (Å²) in [5.74, 6) is 1.56. The van der Waals surface area contributed by atoms with Crippen molar-refractivity contribution in [3.05, 3.63) is 199 Å². The van der Waals surface area contributed by atoms with Crippen LogP contribution in [0.3, 0.4) is 0 Å². The molecule has 3 atom stereocenters. The molecule has 3 aliphatic carbocycles. The molecule has 0 heterocycles. The molecule has 2 heteroatoms. The lowest BCUT2D eigenvalue weighted by molar-refractivity contribution is 0.851. The molecule has 2 nitrogen and oxygen atoms in total. The molecule has 3 aliphatic rings. The van der Waals surface area contributed by atoms with Crippen LogP contribution in [0.4, 0.5) is 22.7 Å². The van der Waals surface area contributed by atoms with Crippen molar-refractivity contribution in [2.24, 2.45) is 11.8 Å². The van der Waals surface area contributed by atoms with Crippen molar-refractivity contribution >= 4 is 39.1 Å². The minimum Gasteiger partial charge on any atom is -0.345 e. The molecule has 0 aromatic heterocycles. The highest BCUT2D eigenvalue weighted by Gasteiger charge is 2.46. The summed E-state index contributed by atoms with van der Waals surface area (Å²) in [5.41, 5.74) is 10.3. The zero-order valence-electron chi connectivity index (χ0n) is 30.5. The van der Waals surface area contributed by atoms with E-state index in [1.165, 1.54) is 62.3 Å². The molecule has 0 bridgehead atoms. The third-order valence-corrected chi connectivity index (χ3v) is 9.88. The molecular weight excluding hydrogens is 617 g/mol. The van der Waals surface area contributed by atoms with Gasteiger partial charge in [0.25, 0.3) is 0 Å². The standard InChI is InChI=1S/C42H36N2.C4H8.C3H6/c1-43(38-21-18-31-12-8-9-15-34(31)28-38)35-22-24-37(25-23-35)44(36-19-16-32(17-20-36)30-10-4-2-5-11-30)42-27-26-39(40-29-41(40)42)33-13-6-3-7-14-33;1-3-4-2;1-3-2/h2-10,12-28,30,40-41H,11,29H2,1H3;3-4H,1-2H3;3H,1H2,2H3/b;4-3-;. The molecule has 0 amide bonds. The number of allylic oxidation sites excluding steroid dienone is 11. The van der Waals surface area contributed by atoms with E-state index in [0.29, 0.717) is 17.8 Å². The van der Waals surface area contributed by atoms with Gasteiger partial charge in [-0.3, -0.25) is 0 Å². The molecule has 0 spiro atoms. The summed E-state index contributed by atoms with van der Waals surface area (Å²) in [4.78, 5) is 4.76. The van der Waals surface area contributed by atoms with E-state index in [1.807, 2.05) is 32.9 Å². The SMILES string of the molecule is C/C=C\C.C=CC.CN(c1ccc(N(C2=CC=C(c3ccccc3)C3CC23)c2ccc(C3C=CC=CC3)cc2)cc1)c1ccc2ccccc2c1. The van der Waals surface area contributed by atoms with Crippen LogP contribution in [0.15, 0.2) is 188 Å². The van der Waals surface area contributed by atoms with Gasteiger partial charge in [-0.25, -0.2) is 0 Å². The van der Waals surface area contributed by atoms with Gasteiger partial charge in [0.15, 0.2) is 0 Å². The van der Waals surface area contributed by atoms with Crippen LogP contribution in [-0.2, 0) is 0 Å². The highest BCUT2D eigenvalue weighted by molar-refractivity contribution is 5.87. The lowest BCUT2D eigenvalue weighted by atomic mass is 9.92. The third-order valence-electron chi connectivity index (χ3n) is 9.88. The molecule has 256 valence electrons. The predicted octanol–water partition coefficient (Wildman–Crippen LogP) is 13.7. The van der Waals surface area contributed by atoms with Gasteiger partial charge in [0.2, 0.25) is 0 Å². The van der Waals surface area contributed by atoms with Crippen LogP contribution in [0.2, 0.25) is 0 Å². The first-order valence-electron chi connectivity index (χ1n) is 18.2. The van der Waals surface area contributed by atoms with Crippen LogP contribution >= 0.6 is 0 Å². The lowest BCUT2D eigenvalue weighted by Crippen LogP contribution is -2.20. The molecule has 8 rings (SSSR count). The monoisotopic (exact) mass is 666 g/mol. The number of anilines is 4. The van der Waals surface area contributed by atoms with Crippen LogP contribution in [-0.4, -0.2) is 7.05 Å². The van der Waals surface area contributed by atoms with Gasteiger partial charge >= 0.3 is 0 Å². The Hall–Kier alpha value is -5.60. The number of benzene rings is 5. The molecule has 0 aliphatic heterocycles. The minimum atomic E-state index is 0.450. The Balaban J connectivity index is 0.000000591. The summed E-state index contributed by atoms with van der Waals surface area (Å²) in [6.07, 6.45) is 21.6. The normalized spacial score (nSPS) is 18.3. The predicted molar refractivity (Wildman–Crippen MR) is 223 cm³/mol. The van der Waals surface area contributed by atoms with Crippen molar-refractivity contribution in [2.45, 2.75) is 39.5 Å². The average Bonchev–Trinajstić information content (AvgIpc) is 4.01. The number of fused-ring (bicyclic) bond motifs is 2. The second kappa shape index (κ2) is 16.9. The Bertz CT molecular complexity index is 2060. The van der Waals surface area contributed by atoms with Crippen molar-refractivity contribution in [3.63, 3.8) is 0 Å². The van der Waals surface area contributed by atoms with E-state index in [2.05, 4.69) is 181 Å². The zero-order valence-corrected chi connectivity index (χ0v) is 30.5. The van der Waals surface area contributed by atoms with Gasteiger partial charge in [-0.05, 0) is 122 Å². The fourth-order valence-corrected chi connectivity index (χ4v) is 6.97. The van der Waals surface area contributed by atoms with Crippen molar-refractivity contribution < 1.29 is 0 Å². The molecule has 51 heavy (non-hydrogen) atoms. The van der Waals surface area contributed by atoms with Crippen molar-refractivity contribution in [2.75, 3.05) is 16.8 Å². The van der Waals surface area contributed by atoms with E-state index in [1.54, 1.807) is 6.08 Å². The maximum atomic E-state index is 3.36. The van der Waals surface area contributed by atoms with Gasteiger partial charge in [0.1, 0.15) is 0 Å². The maximum Gasteiger partial charge on any atom is 0.0460 e. The van der Waals surface area contributed by atoms with E-state index in [-0.39, 0.29) is 0 Å². The summed E-state index contributed by atoms with van der Waals surface area (Å²) in [6, 6.07) is 44.4. The first kappa shape index (κ1) is 35.2. The number of hydrogen-bond donors (Lipinski definition) is 0. The van der Waals surface area contributed by atoms with Gasteiger partial charge < -0.3 is 9.80 Å². The lowest BCUT2D eigenvalue weighted by Gasteiger charge is -2.31. The fourth-order valence-electron chi connectivity index (χ4n) is 6.97. The molecule has 5 aromatic rings. The Morgan fingerprint density at radius 3 is 1.88 bits per heavy atom. The summed E-state index contributed by atoms with van der Waals surface area (Å²) >= 11 is 0. The number of nitrogens with zero attached hydrogens (tertiary/aromatic N) is 2. The number of rotatable bonds is 7. The summed E-state index contributed by atoms with van der Waals surface area (Å²) in [7, 11) is 2.15. The number of hydrogen-bond acceptors (Lipinski definition) is 2. The molecule has 3 unspecified atom stereocenters. The Labute approximate surface area is 305 Å². The average molecular weight is 667 g/mol. The topological polar surface area (TPSA) is 6.48 Å². The minimum absolute atomic E-state index is 0.450. The molecular formula is C49H50N2. The molecule has 5 aromatic carbocycles. The van der Waals surface area contributed by atoms with Crippen LogP contribution in [0.1, 0.15) is 50.7 Å². The van der Waals surface area contributed by atoms with E-state index >= 15 is 0 Å². The van der Waals surface area contributed by atoms with Gasteiger partial charge in [-0.1, -0.05) is 121 Å². The maximum absolute atomic E-state index is 3.36. The van der Waals surface area contributed by atoms with Gasteiger partial charge in [0.05, 0.1) is 0 Å².